The second-order valence-electron chi connectivity index (χ2n) is 3.07. The van der Waals surface area contributed by atoms with Gasteiger partial charge in [0.05, 0.1) is 5.75 Å². The van der Waals surface area contributed by atoms with E-state index in [2.05, 4.69) is 20.5 Å². The zero-order valence-corrected chi connectivity index (χ0v) is 9.08. The molecule has 0 aromatic carbocycles. The van der Waals surface area contributed by atoms with Crippen LogP contribution in [-0.2, 0) is 4.79 Å². The average Bonchev–Trinajstić information content (AvgIpc) is 2.84. The number of thioether (sulfide) groups is 1. The molecule has 0 unspecified atom stereocenters. The Morgan fingerprint density at radius 2 is 2.44 bits per heavy atom. The van der Waals surface area contributed by atoms with E-state index < -0.39 is 0 Å². The second kappa shape index (κ2) is 4.39. The number of hydrogen-bond donors (Lipinski definition) is 3. The molecule has 0 spiro atoms. The van der Waals surface area contributed by atoms with E-state index in [9.17, 15) is 9.59 Å². The molecule has 0 saturated carbocycles. The lowest BCUT2D eigenvalue weighted by molar-refractivity contribution is -0.124. The van der Waals surface area contributed by atoms with Crippen molar-refractivity contribution in [3.05, 3.63) is 0 Å². The Hall–Kier alpha value is -1.77. The molecule has 0 bridgehead atoms. The van der Waals surface area contributed by atoms with Gasteiger partial charge in [0.2, 0.25) is 17.0 Å². The van der Waals surface area contributed by atoms with Gasteiger partial charge in [-0.05, 0) is 0 Å². The predicted octanol–water partition coefficient (Wildman–Crippen LogP) is -0.969. The molecule has 0 radical (unpaired) electrons. The highest BCUT2D eigenvalue weighted by Crippen LogP contribution is 2.14. The van der Waals surface area contributed by atoms with Crippen LogP contribution in [0, 0.1) is 0 Å². The molecular weight excluding hydrogens is 232 g/mol. The number of amides is 3. The summed E-state index contributed by atoms with van der Waals surface area (Å²) in [5, 5.41) is 9.17. The Labute approximate surface area is 95.0 Å². The maximum absolute atomic E-state index is 11.6. The van der Waals surface area contributed by atoms with Gasteiger partial charge in [0.15, 0.2) is 0 Å². The van der Waals surface area contributed by atoms with Gasteiger partial charge >= 0.3 is 6.03 Å². The van der Waals surface area contributed by atoms with Crippen LogP contribution >= 0.6 is 11.8 Å². The molecule has 16 heavy (non-hydrogen) atoms. The number of nitrogens with two attached hydrogens (primary N) is 1. The number of nitrogens with zero attached hydrogens (tertiary/aromatic N) is 3. The number of aromatic nitrogens is 3. The van der Waals surface area contributed by atoms with E-state index in [0.29, 0.717) is 18.2 Å². The highest BCUT2D eigenvalue weighted by atomic mass is 32.2. The third-order valence-electron chi connectivity index (χ3n) is 1.96. The van der Waals surface area contributed by atoms with Gasteiger partial charge in [-0.25, -0.2) is 9.89 Å². The molecule has 4 N–H and O–H groups in total. The van der Waals surface area contributed by atoms with E-state index in [4.69, 9.17) is 5.73 Å². The van der Waals surface area contributed by atoms with Crippen LogP contribution in [0.25, 0.3) is 0 Å². The number of carbonyl (C=O) groups excluding carboxylic acids is 2. The van der Waals surface area contributed by atoms with Gasteiger partial charge in [-0.1, -0.05) is 11.8 Å². The summed E-state index contributed by atoms with van der Waals surface area (Å²) in [5.41, 5.74) is 5.33. The molecule has 1 aliphatic heterocycles. The zero-order chi connectivity index (χ0) is 11.5. The first-order valence-corrected chi connectivity index (χ1v) is 5.54. The summed E-state index contributed by atoms with van der Waals surface area (Å²) in [4.78, 5) is 27.7. The third kappa shape index (κ3) is 2.24. The molecule has 1 aromatic rings. The number of hydrogen-bond acceptors (Lipinski definition) is 6. The van der Waals surface area contributed by atoms with E-state index in [1.165, 1.54) is 4.90 Å². The molecule has 86 valence electrons. The number of aromatic amines is 1. The minimum atomic E-state index is -0.347. The maximum Gasteiger partial charge on any atom is 0.324 e. The molecule has 0 aliphatic carbocycles. The molecule has 8 nitrogen and oxygen atoms in total. The number of nitrogen functional groups attached to an aromatic ring is 1. The van der Waals surface area contributed by atoms with Crippen molar-refractivity contribution in [2.24, 2.45) is 0 Å². The minimum absolute atomic E-state index is 0.116. The quantitative estimate of drug-likeness (QED) is 0.587. The van der Waals surface area contributed by atoms with Crippen molar-refractivity contribution < 1.29 is 9.59 Å². The number of nitrogens with one attached hydrogen (secondary N) is 2. The Morgan fingerprint density at radius 3 is 3.00 bits per heavy atom. The van der Waals surface area contributed by atoms with Crippen molar-refractivity contribution >= 4 is 29.6 Å². The number of urea groups is 1. The second-order valence-corrected chi connectivity index (χ2v) is 4.01. The average molecular weight is 242 g/mol. The third-order valence-corrected chi connectivity index (χ3v) is 2.80. The van der Waals surface area contributed by atoms with Gasteiger partial charge in [0.1, 0.15) is 0 Å². The first-order valence-electron chi connectivity index (χ1n) is 4.55. The maximum atomic E-state index is 11.6. The monoisotopic (exact) mass is 242 g/mol. The van der Waals surface area contributed by atoms with Crippen LogP contribution in [-0.4, -0.2) is 50.9 Å². The molecule has 2 heterocycles. The SMILES string of the molecule is Nc1nc(SCC(=O)N2CCNC2=O)n[nH]1. The van der Waals surface area contributed by atoms with Crippen LogP contribution < -0.4 is 11.1 Å². The van der Waals surface area contributed by atoms with Gasteiger partial charge in [-0.2, -0.15) is 4.98 Å². The molecule has 1 aliphatic rings. The fraction of sp³-hybridized carbons (Fsp3) is 0.429. The van der Waals surface area contributed by atoms with Crippen LogP contribution in [0.1, 0.15) is 0 Å². The summed E-state index contributed by atoms with van der Waals surface area (Å²) in [6.45, 7) is 0.914. The van der Waals surface area contributed by atoms with E-state index >= 15 is 0 Å². The van der Waals surface area contributed by atoms with Gasteiger partial charge in [-0.15, -0.1) is 5.10 Å². The summed E-state index contributed by atoms with van der Waals surface area (Å²) in [6.07, 6.45) is 0. The van der Waals surface area contributed by atoms with Crippen molar-refractivity contribution in [3.63, 3.8) is 0 Å². The molecular formula is C7H10N6O2S. The van der Waals surface area contributed by atoms with Crippen molar-refractivity contribution in [1.29, 1.82) is 0 Å². The van der Waals surface area contributed by atoms with Gasteiger partial charge in [0.25, 0.3) is 0 Å². The predicted molar refractivity (Wildman–Crippen MR) is 56.6 cm³/mol. The molecule has 3 amide bonds. The molecule has 2 rings (SSSR count). The molecule has 9 heteroatoms. The Morgan fingerprint density at radius 1 is 1.62 bits per heavy atom. The fourth-order valence-electron chi connectivity index (χ4n) is 1.24. The van der Waals surface area contributed by atoms with E-state index in [0.717, 1.165) is 11.8 Å². The van der Waals surface area contributed by atoms with Gasteiger partial charge < -0.3 is 11.1 Å². The Balaban J connectivity index is 1.86. The normalized spacial score (nSPS) is 15.2. The first kappa shape index (κ1) is 10.7. The number of anilines is 1. The molecule has 0 atom stereocenters. The minimum Gasteiger partial charge on any atom is -0.368 e. The Bertz CT molecular complexity index is 419. The number of imide groups is 1. The van der Waals surface area contributed by atoms with E-state index in [1.54, 1.807) is 0 Å². The van der Waals surface area contributed by atoms with Crippen LogP contribution in [0.15, 0.2) is 5.16 Å². The van der Waals surface area contributed by atoms with Crippen molar-refractivity contribution in [3.8, 4) is 0 Å². The van der Waals surface area contributed by atoms with Crippen LogP contribution in [0.4, 0.5) is 10.7 Å². The van der Waals surface area contributed by atoms with Crippen molar-refractivity contribution in [2.45, 2.75) is 5.16 Å². The topological polar surface area (TPSA) is 117 Å². The Kier molecular flexibility index (Phi) is 2.95. The lowest BCUT2D eigenvalue weighted by atomic mass is 10.5. The summed E-state index contributed by atoms with van der Waals surface area (Å²) in [5.74, 6) is 0.0577. The van der Waals surface area contributed by atoms with Gasteiger partial charge in [0, 0.05) is 13.1 Å². The summed E-state index contributed by atoms with van der Waals surface area (Å²) < 4.78 is 0. The lowest BCUT2D eigenvalue weighted by Crippen LogP contribution is -2.35. The fourth-order valence-corrected chi connectivity index (χ4v) is 1.92. The van der Waals surface area contributed by atoms with Crippen molar-refractivity contribution in [2.75, 3.05) is 24.6 Å². The summed E-state index contributed by atoms with van der Waals surface area (Å²) in [6, 6.07) is -0.347. The summed E-state index contributed by atoms with van der Waals surface area (Å²) in [7, 11) is 0. The number of H-pyrrole nitrogens is 1. The largest absolute Gasteiger partial charge is 0.368 e. The highest BCUT2D eigenvalue weighted by Gasteiger charge is 2.26. The lowest BCUT2D eigenvalue weighted by Gasteiger charge is -2.10. The molecule has 1 aromatic heterocycles. The van der Waals surface area contributed by atoms with Crippen LogP contribution in [0.5, 0.6) is 0 Å². The molecule has 1 saturated heterocycles. The summed E-state index contributed by atoms with van der Waals surface area (Å²) >= 11 is 1.13. The smallest absolute Gasteiger partial charge is 0.324 e. The van der Waals surface area contributed by atoms with E-state index in [-0.39, 0.29) is 23.6 Å². The van der Waals surface area contributed by atoms with Crippen LogP contribution in [0.3, 0.4) is 0 Å². The van der Waals surface area contributed by atoms with Crippen LogP contribution in [0.2, 0.25) is 0 Å². The highest BCUT2D eigenvalue weighted by molar-refractivity contribution is 7.99. The first-order chi connectivity index (χ1) is 7.66. The van der Waals surface area contributed by atoms with E-state index in [1.807, 2.05) is 0 Å². The van der Waals surface area contributed by atoms with Crippen molar-refractivity contribution in [1.82, 2.24) is 25.4 Å². The molecule has 1 fully saturated rings. The standard InChI is InChI=1S/C7H10N6O2S/c8-5-10-6(12-11-5)16-3-4(14)13-2-1-9-7(13)15/h1-3H2,(H,9,15)(H3,8,10,11,12). The number of rotatable bonds is 3. The number of carbonyl (C=O) groups is 2. The zero-order valence-electron chi connectivity index (χ0n) is 8.27. The van der Waals surface area contributed by atoms with Gasteiger partial charge in [-0.3, -0.25) is 9.69 Å².